The largest absolute Gasteiger partial charge is 0.335 e. The molecule has 0 unspecified atom stereocenters. The van der Waals surface area contributed by atoms with Gasteiger partial charge in [-0.25, -0.2) is 0 Å². The Morgan fingerprint density at radius 3 is 2.36 bits per heavy atom. The van der Waals surface area contributed by atoms with E-state index in [1.807, 2.05) is 18.4 Å². The summed E-state index contributed by atoms with van der Waals surface area (Å²) in [6, 6.07) is 2.06. The summed E-state index contributed by atoms with van der Waals surface area (Å²) in [6.45, 7) is 3.58. The standard InChI is InChI=1S/C17H27N3O3S2/c1-14-8-13-24-16(14)17(21)19-9-11-20(12-10-19)25(22,23)18(2)15-6-4-3-5-7-15/h8,13,15H,3-7,9-12H2,1-2H3. The maximum Gasteiger partial charge on any atom is 0.282 e. The van der Waals surface area contributed by atoms with Crippen LogP contribution in [0.5, 0.6) is 0 Å². The number of nitrogens with zero attached hydrogens (tertiary/aromatic N) is 3. The van der Waals surface area contributed by atoms with Crippen LogP contribution in [0.25, 0.3) is 0 Å². The molecule has 0 spiro atoms. The van der Waals surface area contributed by atoms with Crippen LogP contribution in [0.3, 0.4) is 0 Å². The maximum atomic E-state index is 12.9. The molecule has 1 aliphatic heterocycles. The first-order chi connectivity index (χ1) is 11.9. The Kier molecular flexibility index (Phi) is 5.82. The Bertz CT molecular complexity index is 702. The molecule has 1 saturated heterocycles. The van der Waals surface area contributed by atoms with Crippen molar-refractivity contribution in [1.29, 1.82) is 0 Å². The van der Waals surface area contributed by atoms with Gasteiger partial charge in [0, 0.05) is 39.3 Å². The first-order valence-corrected chi connectivity index (χ1v) is 11.3. The highest BCUT2D eigenvalue weighted by Gasteiger charge is 2.35. The van der Waals surface area contributed by atoms with Gasteiger partial charge in [-0.3, -0.25) is 4.79 Å². The van der Waals surface area contributed by atoms with E-state index in [-0.39, 0.29) is 11.9 Å². The zero-order valence-corrected chi connectivity index (χ0v) is 16.6. The van der Waals surface area contributed by atoms with Crippen LogP contribution in [-0.2, 0) is 10.2 Å². The number of hydrogen-bond donors (Lipinski definition) is 0. The second-order valence-electron chi connectivity index (χ2n) is 6.94. The van der Waals surface area contributed by atoms with Gasteiger partial charge in [-0.1, -0.05) is 19.3 Å². The molecule has 1 saturated carbocycles. The van der Waals surface area contributed by atoms with Crippen molar-refractivity contribution in [3.8, 4) is 0 Å². The molecule has 25 heavy (non-hydrogen) atoms. The molecule has 1 aromatic heterocycles. The van der Waals surface area contributed by atoms with E-state index in [1.165, 1.54) is 22.1 Å². The normalized spacial score (nSPS) is 21.0. The predicted molar refractivity (Wildman–Crippen MR) is 100 cm³/mol. The molecule has 1 aliphatic carbocycles. The van der Waals surface area contributed by atoms with Gasteiger partial charge in [0.25, 0.3) is 16.1 Å². The highest BCUT2D eigenvalue weighted by Crippen LogP contribution is 2.25. The second-order valence-corrected chi connectivity index (χ2v) is 9.84. The molecule has 0 aromatic carbocycles. The predicted octanol–water partition coefficient (Wildman–Crippen LogP) is 2.32. The lowest BCUT2D eigenvalue weighted by molar-refractivity contribution is 0.0697. The van der Waals surface area contributed by atoms with Crippen LogP contribution in [0, 0.1) is 6.92 Å². The summed E-state index contributed by atoms with van der Waals surface area (Å²) in [5.41, 5.74) is 0.988. The van der Waals surface area contributed by atoms with Crippen molar-refractivity contribution >= 4 is 27.5 Å². The highest BCUT2D eigenvalue weighted by atomic mass is 32.2. The van der Waals surface area contributed by atoms with Crippen molar-refractivity contribution < 1.29 is 13.2 Å². The Balaban J connectivity index is 1.61. The summed E-state index contributed by atoms with van der Waals surface area (Å²) in [6.07, 6.45) is 5.31. The van der Waals surface area contributed by atoms with Crippen molar-refractivity contribution in [2.45, 2.75) is 45.1 Å². The minimum atomic E-state index is -3.44. The van der Waals surface area contributed by atoms with Gasteiger partial charge in [-0.2, -0.15) is 17.0 Å². The van der Waals surface area contributed by atoms with Crippen LogP contribution < -0.4 is 0 Å². The molecule has 2 aliphatic rings. The molecule has 1 aromatic rings. The molecule has 3 rings (SSSR count). The summed E-state index contributed by atoms with van der Waals surface area (Å²) in [7, 11) is -1.74. The molecule has 1 amide bonds. The number of thiophene rings is 1. The minimum Gasteiger partial charge on any atom is -0.335 e. The lowest BCUT2D eigenvalue weighted by atomic mass is 9.96. The first kappa shape index (κ1) is 18.8. The fourth-order valence-corrected chi connectivity index (χ4v) is 6.14. The lowest BCUT2D eigenvalue weighted by Crippen LogP contribution is -2.55. The third-order valence-electron chi connectivity index (χ3n) is 5.36. The summed E-state index contributed by atoms with van der Waals surface area (Å²) in [5.74, 6) is 0.0187. The summed E-state index contributed by atoms with van der Waals surface area (Å²) in [5, 5.41) is 1.92. The van der Waals surface area contributed by atoms with Crippen molar-refractivity contribution in [1.82, 2.24) is 13.5 Å². The summed E-state index contributed by atoms with van der Waals surface area (Å²) < 4.78 is 28.9. The Hall–Kier alpha value is -0.960. The molecule has 2 heterocycles. The zero-order valence-electron chi connectivity index (χ0n) is 15.0. The van der Waals surface area contributed by atoms with E-state index in [1.54, 1.807) is 16.3 Å². The van der Waals surface area contributed by atoms with Crippen LogP contribution in [0.4, 0.5) is 0 Å². The van der Waals surface area contributed by atoms with E-state index < -0.39 is 10.2 Å². The fraction of sp³-hybridized carbons (Fsp3) is 0.706. The Morgan fingerprint density at radius 1 is 1.16 bits per heavy atom. The number of carbonyl (C=O) groups is 1. The van der Waals surface area contributed by atoms with Gasteiger partial charge in [-0.15, -0.1) is 11.3 Å². The minimum absolute atomic E-state index is 0.0187. The number of aryl methyl sites for hydroxylation is 1. The second kappa shape index (κ2) is 7.73. The van der Waals surface area contributed by atoms with Crippen LogP contribution in [-0.4, -0.2) is 67.1 Å². The van der Waals surface area contributed by atoms with Gasteiger partial charge in [0.15, 0.2) is 0 Å². The van der Waals surface area contributed by atoms with Crippen molar-refractivity contribution in [2.24, 2.45) is 0 Å². The molecule has 140 valence electrons. The number of amides is 1. The topological polar surface area (TPSA) is 60.9 Å². The summed E-state index contributed by atoms with van der Waals surface area (Å²) >= 11 is 1.45. The van der Waals surface area contributed by atoms with Crippen molar-refractivity contribution in [3.05, 3.63) is 21.9 Å². The Labute approximate surface area is 154 Å². The van der Waals surface area contributed by atoms with Gasteiger partial charge in [-0.05, 0) is 36.8 Å². The van der Waals surface area contributed by atoms with Crippen LogP contribution in [0.15, 0.2) is 11.4 Å². The SMILES string of the molecule is Cc1ccsc1C(=O)N1CCN(S(=O)(=O)N(C)C2CCCCC2)CC1. The van der Waals surface area contributed by atoms with Crippen molar-refractivity contribution in [2.75, 3.05) is 33.2 Å². The van der Waals surface area contributed by atoms with E-state index in [4.69, 9.17) is 0 Å². The number of rotatable bonds is 4. The smallest absolute Gasteiger partial charge is 0.282 e. The molecule has 0 N–H and O–H groups in total. The zero-order chi connectivity index (χ0) is 18.0. The van der Waals surface area contributed by atoms with E-state index in [9.17, 15) is 13.2 Å². The third-order valence-corrected chi connectivity index (χ3v) is 8.41. The average molecular weight is 386 g/mol. The lowest BCUT2D eigenvalue weighted by Gasteiger charge is -2.38. The number of hydrogen-bond acceptors (Lipinski definition) is 4. The van der Waals surface area contributed by atoms with E-state index in [2.05, 4.69) is 0 Å². The van der Waals surface area contributed by atoms with Crippen LogP contribution >= 0.6 is 11.3 Å². The van der Waals surface area contributed by atoms with Gasteiger partial charge in [0.1, 0.15) is 0 Å². The molecule has 8 heteroatoms. The van der Waals surface area contributed by atoms with Crippen LogP contribution in [0.2, 0.25) is 0 Å². The molecule has 0 radical (unpaired) electrons. The molecule has 6 nitrogen and oxygen atoms in total. The van der Waals surface area contributed by atoms with E-state index in [0.29, 0.717) is 26.2 Å². The van der Waals surface area contributed by atoms with Gasteiger partial charge >= 0.3 is 0 Å². The number of piperazine rings is 1. The van der Waals surface area contributed by atoms with Gasteiger partial charge in [0.2, 0.25) is 0 Å². The van der Waals surface area contributed by atoms with E-state index >= 15 is 0 Å². The Morgan fingerprint density at radius 2 is 1.80 bits per heavy atom. The van der Waals surface area contributed by atoms with Crippen LogP contribution in [0.1, 0.15) is 47.3 Å². The fourth-order valence-electron chi connectivity index (χ4n) is 3.67. The maximum absolute atomic E-state index is 12.9. The average Bonchev–Trinajstić information content (AvgIpc) is 3.07. The van der Waals surface area contributed by atoms with Gasteiger partial charge < -0.3 is 4.90 Å². The molecule has 0 atom stereocenters. The number of carbonyl (C=O) groups excluding carboxylic acids is 1. The first-order valence-electron chi connectivity index (χ1n) is 8.97. The summed E-state index contributed by atoms with van der Waals surface area (Å²) in [4.78, 5) is 15.1. The van der Waals surface area contributed by atoms with Crippen molar-refractivity contribution in [3.63, 3.8) is 0 Å². The van der Waals surface area contributed by atoms with Gasteiger partial charge in [0.05, 0.1) is 4.88 Å². The molecule has 0 bridgehead atoms. The highest BCUT2D eigenvalue weighted by molar-refractivity contribution is 7.86. The van der Waals surface area contributed by atoms with E-state index in [0.717, 1.165) is 36.1 Å². The molecular weight excluding hydrogens is 358 g/mol. The molecular formula is C17H27N3O3S2. The monoisotopic (exact) mass is 385 g/mol. The molecule has 2 fully saturated rings. The third kappa shape index (κ3) is 3.92. The quantitative estimate of drug-likeness (QED) is 0.799.